The zero-order valence-electron chi connectivity index (χ0n) is 15.4. The van der Waals surface area contributed by atoms with Gasteiger partial charge in [-0.3, -0.25) is 4.79 Å². The van der Waals surface area contributed by atoms with Crippen molar-refractivity contribution >= 4 is 46.4 Å². The number of halogens is 2. The Hall–Kier alpha value is -1.91. The van der Waals surface area contributed by atoms with Crippen LogP contribution in [0.1, 0.15) is 24.3 Å². The molecule has 0 fully saturated rings. The number of aromatic nitrogens is 1. The maximum Gasteiger partial charge on any atom is 0.278 e. The van der Waals surface area contributed by atoms with Gasteiger partial charge in [0.1, 0.15) is 0 Å². The average Bonchev–Trinajstić information content (AvgIpc) is 2.60. The number of benzene rings is 1. The molecule has 0 aliphatic heterocycles. The molecule has 11 heteroatoms. The van der Waals surface area contributed by atoms with Crippen LogP contribution in [0.15, 0.2) is 47.5 Å². The van der Waals surface area contributed by atoms with Crippen LogP contribution in [0.25, 0.3) is 0 Å². The number of rotatable bonds is 8. The number of carbonyl (C=O) groups excluding carboxylic acids is 1. The molecule has 0 spiro atoms. The molecule has 0 unspecified atom stereocenters. The largest absolute Gasteiger partial charge is 0.489 e. The van der Waals surface area contributed by atoms with Gasteiger partial charge in [-0.25, -0.2) is 18.1 Å². The standard InChI is InChI=1S/C17H22N4O4S.2ClH/c1-12(2)25-15-7-4-9-19-16(15)17(22)21-13-5-3-6-14(11-13)26(23,24)20-10-8-18;;/h3-7,9,11-12,20H,8,10,18H2,1-2H3,(H,21,22);2*1H. The quantitative estimate of drug-likeness (QED) is 0.566. The van der Waals surface area contributed by atoms with Crippen molar-refractivity contribution in [2.24, 2.45) is 5.73 Å². The van der Waals surface area contributed by atoms with Gasteiger partial charge in [0.15, 0.2) is 11.4 Å². The van der Waals surface area contributed by atoms with Crippen molar-refractivity contribution in [2.45, 2.75) is 24.8 Å². The molecule has 156 valence electrons. The van der Waals surface area contributed by atoms with Crippen LogP contribution >= 0.6 is 24.8 Å². The van der Waals surface area contributed by atoms with Crippen LogP contribution in [-0.2, 0) is 10.0 Å². The van der Waals surface area contributed by atoms with Gasteiger partial charge in [-0.15, -0.1) is 24.8 Å². The van der Waals surface area contributed by atoms with E-state index in [1.807, 2.05) is 13.8 Å². The average molecular weight is 451 g/mol. The highest BCUT2D eigenvalue weighted by atomic mass is 35.5. The Kier molecular flexibility index (Phi) is 11.0. The van der Waals surface area contributed by atoms with Gasteiger partial charge in [-0.1, -0.05) is 6.07 Å². The fourth-order valence-electron chi connectivity index (χ4n) is 2.12. The van der Waals surface area contributed by atoms with Gasteiger partial charge < -0.3 is 15.8 Å². The Morgan fingerprint density at radius 3 is 2.57 bits per heavy atom. The summed E-state index contributed by atoms with van der Waals surface area (Å²) in [5.41, 5.74) is 5.77. The first-order chi connectivity index (χ1) is 12.3. The Bertz CT molecular complexity index is 879. The van der Waals surface area contributed by atoms with E-state index in [0.29, 0.717) is 11.4 Å². The fourth-order valence-corrected chi connectivity index (χ4v) is 3.21. The summed E-state index contributed by atoms with van der Waals surface area (Å²) in [4.78, 5) is 16.6. The van der Waals surface area contributed by atoms with E-state index in [9.17, 15) is 13.2 Å². The molecule has 1 aromatic carbocycles. The van der Waals surface area contributed by atoms with Crippen LogP contribution in [0.5, 0.6) is 5.75 Å². The Balaban J connectivity index is 0.00000364. The van der Waals surface area contributed by atoms with Crippen molar-refractivity contribution in [1.29, 1.82) is 0 Å². The molecule has 1 heterocycles. The highest BCUT2D eigenvalue weighted by Gasteiger charge is 2.17. The molecule has 2 rings (SSSR count). The number of pyridine rings is 1. The Labute approximate surface area is 177 Å². The lowest BCUT2D eigenvalue weighted by atomic mass is 10.2. The van der Waals surface area contributed by atoms with E-state index >= 15 is 0 Å². The number of sulfonamides is 1. The van der Waals surface area contributed by atoms with Crippen molar-refractivity contribution < 1.29 is 17.9 Å². The molecule has 2 aromatic rings. The minimum atomic E-state index is -3.69. The number of carbonyl (C=O) groups is 1. The molecule has 1 amide bonds. The van der Waals surface area contributed by atoms with E-state index in [1.165, 1.54) is 24.4 Å². The highest BCUT2D eigenvalue weighted by molar-refractivity contribution is 7.89. The van der Waals surface area contributed by atoms with E-state index in [2.05, 4.69) is 15.0 Å². The van der Waals surface area contributed by atoms with Crippen molar-refractivity contribution in [1.82, 2.24) is 9.71 Å². The second-order valence-electron chi connectivity index (χ2n) is 5.69. The number of nitrogens with one attached hydrogen (secondary N) is 2. The molecular weight excluding hydrogens is 427 g/mol. The zero-order chi connectivity index (χ0) is 19.2. The van der Waals surface area contributed by atoms with Gasteiger partial charge in [0.2, 0.25) is 10.0 Å². The van der Waals surface area contributed by atoms with Gasteiger partial charge in [0.05, 0.1) is 11.0 Å². The van der Waals surface area contributed by atoms with Gasteiger partial charge in [0.25, 0.3) is 5.91 Å². The summed E-state index contributed by atoms with van der Waals surface area (Å²) in [6.07, 6.45) is 1.37. The lowest BCUT2D eigenvalue weighted by Gasteiger charge is -2.13. The third-order valence-electron chi connectivity index (χ3n) is 3.19. The predicted octanol–water partition coefficient (Wildman–Crippen LogP) is 2.20. The van der Waals surface area contributed by atoms with Crippen LogP contribution in [0.4, 0.5) is 5.69 Å². The van der Waals surface area contributed by atoms with Crippen LogP contribution in [0.3, 0.4) is 0 Å². The summed E-state index contributed by atoms with van der Waals surface area (Å²) >= 11 is 0. The fraction of sp³-hybridized carbons (Fsp3) is 0.294. The molecule has 0 saturated carbocycles. The first kappa shape index (κ1) is 26.1. The molecule has 0 bridgehead atoms. The second-order valence-corrected chi connectivity index (χ2v) is 7.45. The smallest absolute Gasteiger partial charge is 0.278 e. The van der Waals surface area contributed by atoms with E-state index in [1.54, 1.807) is 18.2 Å². The summed E-state index contributed by atoms with van der Waals surface area (Å²) in [5.74, 6) is -0.140. The lowest BCUT2D eigenvalue weighted by molar-refractivity contribution is 0.101. The number of nitrogens with two attached hydrogens (primary N) is 1. The highest BCUT2D eigenvalue weighted by Crippen LogP contribution is 2.20. The second kappa shape index (κ2) is 11.8. The molecule has 1 aromatic heterocycles. The third kappa shape index (κ3) is 7.25. The molecule has 8 nitrogen and oxygen atoms in total. The minimum Gasteiger partial charge on any atom is -0.489 e. The van der Waals surface area contributed by atoms with E-state index in [-0.39, 0.29) is 54.6 Å². The van der Waals surface area contributed by atoms with Crippen molar-refractivity contribution in [3.63, 3.8) is 0 Å². The molecule has 0 atom stereocenters. The SMILES string of the molecule is CC(C)Oc1cccnc1C(=O)Nc1cccc(S(=O)(=O)NCCN)c1.Cl.Cl. The van der Waals surface area contributed by atoms with Crippen molar-refractivity contribution in [2.75, 3.05) is 18.4 Å². The molecule has 4 N–H and O–H groups in total. The van der Waals surface area contributed by atoms with Crippen molar-refractivity contribution in [3.8, 4) is 5.75 Å². The van der Waals surface area contributed by atoms with E-state index < -0.39 is 15.9 Å². The normalized spacial score (nSPS) is 10.6. The lowest BCUT2D eigenvalue weighted by Crippen LogP contribution is -2.29. The van der Waals surface area contributed by atoms with Crippen LogP contribution in [-0.4, -0.2) is 38.5 Å². The number of ether oxygens (including phenoxy) is 1. The maximum absolute atomic E-state index is 12.5. The summed E-state index contributed by atoms with van der Waals surface area (Å²) in [7, 11) is -3.69. The summed E-state index contributed by atoms with van der Waals surface area (Å²) < 4.78 is 32.3. The molecule has 0 aliphatic carbocycles. The Morgan fingerprint density at radius 1 is 1.21 bits per heavy atom. The number of anilines is 1. The van der Waals surface area contributed by atoms with Gasteiger partial charge in [-0.05, 0) is 44.2 Å². The first-order valence-corrected chi connectivity index (χ1v) is 9.54. The molecule has 28 heavy (non-hydrogen) atoms. The van der Waals surface area contributed by atoms with Crippen LogP contribution < -0.4 is 20.5 Å². The predicted molar refractivity (Wildman–Crippen MR) is 113 cm³/mol. The molecule has 0 radical (unpaired) electrons. The van der Waals surface area contributed by atoms with Crippen LogP contribution in [0, 0.1) is 0 Å². The number of hydrogen-bond acceptors (Lipinski definition) is 6. The summed E-state index contributed by atoms with van der Waals surface area (Å²) in [6, 6.07) is 9.25. The molecule has 0 aliphatic rings. The van der Waals surface area contributed by atoms with Crippen LogP contribution in [0.2, 0.25) is 0 Å². The van der Waals surface area contributed by atoms with Gasteiger partial charge in [0, 0.05) is 25.0 Å². The first-order valence-electron chi connectivity index (χ1n) is 8.06. The topological polar surface area (TPSA) is 123 Å². The number of hydrogen-bond donors (Lipinski definition) is 3. The zero-order valence-corrected chi connectivity index (χ0v) is 17.9. The van der Waals surface area contributed by atoms with E-state index in [0.717, 1.165) is 0 Å². The summed E-state index contributed by atoms with van der Waals surface area (Å²) in [6.45, 7) is 4.01. The Morgan fingerprint density at radius 2 is 1.93 bits per heavy atom. The number of amides is 1. The van der Waals surface area contributed by atoms with Gasteiger partial charge >= 0.3 is 0 Å². The third-order valence-corrected chi connectivity index (χ3v) is 4.65. The summed E-state index contributed by atoms with van der Waals surface area (Å²) in [5, 5.41) is 2.64. The maximum atomic E-state index is 12.5. The van der Waals surface area contributed by atoms with Gasteiger partial charge in [-0.2, -0.15) is 0 Å². The molecule has 0 saturated heterocycles. The monoisotopic (exact) mass is 450 g/mol. The minimum absolute atomic E-state index is 0. The van der Waals surface area contributed by atoms with Crippen molar-refractivity contribution in [3.05, 3.63) is 48.3 Å². The number of nitrogens with zero attached hydrogens (tertiary/aromatic N) is 1. The van der Waals surface area contributed by atoms with E-state index in [4.69, 9.17) is 10.5 Å². The molecular formula is C17H24Cl2N4O4S.